The molecule has 2 N–H and O–H groups in total. The van der Waals surface area contributed by atoms with E-state index in [0.29, 0.717) is 12.8 Å². The Morgan fingerprint density at radius 2 is 1.21 bits per heavy atom. The average Bonchev–Trinajstić information content (AvgIpc) is 3.46. The van der Waals surface area contributed by atoms with Crippen molar-refractivity contribution in [1.29, 1.82) is 0 Å². The van der Waals surface area contributed by atoms with Gasteiger partial charge in [0, 0.05) is 25.3 Å². The topological polar surface area (TPSA) is 195 Å². The lowest BCUT2D eigenvalue weighted by Crippen LogP contribution is -2.18. The first-order valence-corrected chi connectivity index (χ1v) is 9.81. The zero-order valence-electron chi connectivity index (χ0n) is 17.7. The lowest BCUT2D eigenvalue weighted by molar-refractivity contribution is -0.402. The molecule has 0 bridgehead atoms. The Hall–Kier alpha value is -4.88. The van der Waals surface area contributed by atoms with Crippen molar-refractivity contribution in [3.05, 3.63) is 68.2 Å². The number of hydrogen-bond acceptors (Lipinski definition) is 10. The Balaban J connectivity index is 1.55. The molecule has 0 unspecified atom stereocenters. The minimum atomic E-state index is -0.650. The van der Waals surface area contributed by atoms with Crippen molar-refractivity contribution < 1.29 is 28.3 Å². The first kappa shape index (κ1) is 25.4. The van der Waals surface area contributed by atoms with E-state index < -0.39 is 9.85 Å². The lowest BCUT2D eigenvalue weighted by Gasteiger charge is -2.00. The lowest BCUT2D eigenvalue weighted by atomic mass is 10.2. The summed E-state index contributed by atoms with van der Waals surface area (Å²) in [5, 5.41) is 28.4. The zero-order valence-corrected chi connectivity index (χ0v) is 17.7. The summed E-state index contributed by atoms with van der Waals surface area (Å²) in [4.78, 5) is 43.1. The molecule has 2 aromatic heterocycles. The minimum absolute atomic E-state index is 0.167. The molecule has 0 aromatic carbocycles. The Labute approximate surface area is 192 Å². The standard InChI is InChI=1S/C20H20N6O8/c27-17(23-21-13-3-5-15-9-11-19(33-15)25(29)30)7-1-2-8-18(28)24-22-14-4-6-16-10-12-20(34-16)26(31)32/h3-6,9-14H,1-2,7-8H2,(H,23,27)(H,24,28). The number of nitrogens with one attached hydrogen (secondary N) is 2. The number of nitrogens with zero attached hydrogens (tertiary/aromatic N) is 4. The highest BCUT2D eigenvalue weighted by Gasteiger charge is 2.10. The van der Waals surface area contributed by atoms with Crippen LogP contribution in [-0.2, 0) is 9.59 Å². The van der Waals surface area contributed by atoms with E-state index in [2.05, 4.69) is 21.1 Å². The van der Waals surface area contributed by atoms with Gasteiger partial charge in [0.1, 0.15) is 21.4 Å². The van der Waals surface area contributed by atoms with Gasteiger partial charge < -0.3 is 8.83 Å². The van der Waals surface area contributed by atoms with Crippen molar-refractivity contribution in [2.24, 2.45) is 10.2 Å². The third-order valence-corrected chi connectivity index (χ3v) is 3.86. The minimum Gasteiger partial charge on any atom is -0.401 e. The van der Waals surface area contributed by atoms with Crippen LogP contribution in [0.1, 0.15) is 37.2 Å². The van der Waals surface area contributed by atoms with Gasteiger partial charge >= 0.3 is 11.8 Å². The molecule has 0 atom stereocenters. The van der Waals surface area contributed by atoms with Crippen LogP contribution in [0.4, 0.5) is 11.8 Å². The van der Waals surface area contributed by atoms with E-state index in [4.69, 9.17) is 8.83 Å². The third-order valence-electron chi connectivity index (χ3n) is 3.86. The van der Waals surface area contributed by atoms with Gasteiger partial charge in [0.2, 0.25) is 11.8 Å². The zero-order chi connectivity index (χ0) is 24.8. The summed E-state index contributed by atoms with van der Waals surface area (Å²) in [7, 11) is 0. The molecule has 14 nitrogen and oxygen atoms in total. The summed E-state index contributed by atoms with van der Waals surface area (Å²) < 4.78 is 9.83. The molecular weight excluding hydrogens is 452 g/mol. The Morgan fingerprint density at radius 3 is 1.56 bits per heavy atom. The second-order valence-electron chi connectivity index (χ2n) is 6.42. The predicted molar refractivity (Wildman–Crippen MR) is 121 cm³/mol. The van der Waals surface area contributed by atoms with Crippen LogP contribution in [0.15, 0.2) is 55.5 Å². The maximum Gasteiger partial charge on any atom is 0.433 e. The van der Waals surface area contributed by atoms with Gasteiger partial charge in [-0.05, 0) is 49.3 Å². The summed E-state index contributed by atoms with van der Waals surface area (Å²) >= 11 is 0. The van der Waals surface area contributed by atoms with Gasteiger partial charge in [-0.2, -0.15) is 10.2 Å². The van der Waals surface area contributed by atoms with E-state index in [0.717, 1.165) is 0 Å². The molecule has 2 rings (SSSR count). The maximum atomic E-state index is 11.7. The molecule has 2 heterocycles. The number of amides is 2. The van der Waals surface area contributed by atoms with E-state index in [1.807, 2.05) is 0 Å². The summed E-state index contributed by atoms with van der Waals surface area (Å²) in [5.41, 5.74) is 4.63. The molecule has 0 radical (unpaired) electrons. The van der Waals surface area contributed by atoms with Crippen LogP contribution in [0.5, 0.6) is 0 Å². The first-order chi connectivity index (χ1) is 16.3. The van der Waals surface area contributed by atoms with E-state index in [-0.39, 0.29) is 47.9 Å². The summed E-state index contributed by atoms with van der Waals surface area (Å²) in [6.45, 7) is 0. The van der Waals surface area contributed by atoms with Crippen LogP contribution in [0.3, 0.4) is 0 Å². The number of furan rings is 2. The van der Waals surface area contributed by atoms with Crippen LogP contribution in [0.2, 0.25) is 0 Å². The maximum absolute atomic E-state index is 11.7. The van der Waals surface area contributed by atoms with Crippen LogP contribution in [0.25, 0.3) is 12.2 Å². The molecule has 0 aliphatic heterocycles. The highest BCUT2D eigenvalue weighted by atomic mass is 16.7. The number of hydrazone groups is 2. The summed E-state index contributed by atoms with van der Waals surface area (Å²) in [6, 6.07) is 5.30. The van der Waals surface area contributed by atoms with Gasteiger partial charge in [0.15, 0.2) is 0 Å². The molecule has 0 aliphatic rings. The van der Waals surface area contributed by atoms with Gasteiger partial charge in [-0.15, -0.1) is 0 Å². The molecule has 34 heavy (non-hydrogen) atoms. The van der Waals surface area contributed by atoms with Crippen molar-refractivity contribution in [2.75, 3.05) is 0 Å². The Kier molecular flexibility index (Phi) is 10.1. The molecule has 2 amide bonds. The number of nitro groups is 2. The molecule has 0 spiro atoms. The molecule has 0 saturated heterocycles. The van der Waals surface area contributed by atoms with Gasteiger partial charge in [-0.1, -0.05) is 0 Å². The highest BCUT2D eigenvalue weighted by Crippen LogP contribution is 2.17. The fraction of sp³-hybridized carbons (Fsp3) is 0.200. The van der Waals surface area contributed by atoms with E-state index in [1.54, 1.807) is 0 Å². The fourth-order valence-electron chi connectivity index (χ4n) is 2.32. The van der Waals surface area contributed by atoms with Gasteiger partial charge in [-0.25, -0.2) is 10.9 Å². The van der Waals surface area contributed by atoms with Crippen LogP contribution >= 0.6 is 0 Å². The van der Waals surface area contributed by atoms with E-state index in [1.165, 1.54) is 61.0 Å². The number of unbranched alkanes of at least 4 members (excludes halogenated alkanes) is 1. The Morgan fingerprint density at radius 1 is 0.794 bits per heavy atom. The first-order valence-electron chi connectivity index (χ1n) is 9.81. The second-order valence-corrected chi connectivity index (χ2v) is 6.42. The molecule has 14 heteroatoms. The van der Waals surface area contributed by atoms with Gasteiger partial charge in [0.25, 0.3) is 0 Å². The number of carbonyl (C=O) groups is 2. The Bertz CT molecular complexity index is 1040. The summed E-state index contributed by atoms with van der Waals surface area (Å²) in [5.74, 6) is -0.872. The average molecular weight is 472 g/mol. The number of hydrogen-bond donors (Lipinski definition) is 2. The number of allylic oxidation sites excluding steroid dienone is 2. The molecule has 0 aliphatic carbocycles. The summed E-state index contributed by atoms with van der Waals surface area (Å²) in [6.07, 6.45) is 9.62. The fourth-order valence-corrected chi connectivity index (χ4v) is 2.32. The second kappa shape index (κ2) is 13.5. The van der Waals surface area contributed by atoms with Gasteiger partial charge in [-0.3, -0.25) is 29.8 Å². The van der Waals surface area contributed by atoms with Gasteiger partial charge in [0.05, 0.1) is 12.1 Å². The molecule has 2 aromatic rings. The quantitative estimate of drug-likeness (QED) is 0.192. The smallest absolute Gasteiger partial charge is 0.401 e. The monoisotopic (exact) mass is 472 g/mol. The van der Waals surface area contributed by atoms with Crippen molar-refractivity contribution in [3.63, 3.8) is 0 Å². The largest absolute Gasteiger partial charge is 0.433 e. The van der Waals surface area contributed by atoms with Crippen molar-refractivity contribution in [2.45, 2.75) is 25.7 Å². The normalized spacial score (nSPS) is 11.6. The van der Waals surface area contributed by atoms with E-state index >= 15 is 0 Å². The third kappa shape index (κ3) is 9.51. The van der Waals surface area contributed by atoms with Crippen LogP contribution in [0, 0.1) is 20.2 Å². The SMILES string of the molecule is O=C(CCCCC(=O)NN=CC=Cc1ccc([N+](=O)[O-])o1)NN=CC=Cc1ccc([N+](=O)[O-])o1. The van der Waals surface area contributed by atoms with Crippen LogP contribution < -0.4 is 10.9 Å². The number of rotatable bonds is 13. The molecule has 0 fully saturated rings. The highest BCUT2D eigenvalue weighted by molar-refractivity contribution is 5.82. The van der Waals surface area contributed by atoms with Crippen LogP contribution in [-0.4, -0.2) is 34.1 Å². The molecular formula is C20H20N6O8. The molecule has 178 valence electrons. The van der Waals surface area contributed by atoms with Crippen molar-refractivity contribution in [1.82, 2.24) is 10.9 Å². The number of carbonyl (C=O) groups excluding carboxylic acids is 2. The molecule has 0 saturated carbocycles. The predicted octanol–water partition coefficient (Wildman–Crippen LogP) is 3.18. The van der Waals surface area contributed by atoms with Crippen molar-refractivity contribution in [3.8, 4) is 0 Å². The van der Waals surface area contributed by atoms with Crippen molar-refractivity contribution >= 4 is 48.2 Å². The van der Waals surface area contributed by atoms with E-state index in [9.17, 15) is 29.8 Å².